The van der Waals surface area contributed by atoms with Crippen molar-refractivity contribution < 1.29 is 23.1 Å². The average molecular weight is 470 g/mol. The summed E-state index contributed by atoms with van der Waals surface area (Å²) in [5, 5.41) is 2.02. The predicted octanol–water partition coefficient (Wildman–Crippen LogP) is 4.71. The molecule has 0 saturated heterocycles. The molecule has 4 rings (SSSR count). The van der Waals surface area contributed by atoms with Crippen molar-refractivity contribution in [3.8, 4) is 11.3 Å². The van der Waals surface area contributed by atoms with Gasteiger partial charge in [0, 0.05) is 42.2 Å². The second-order valence-electron chi connectivity index (χ2n) is 7.46. The number of fused-ring (bicyclic) bond motifs is 1. The molecular formula is C24H24FN3O4S. The summed E-state index contributed by atoms with van der Waals surface area (Å²) in [5.74, 6) is -0.125. The maximum Gasteiger partial charge on any atom is 0.306 e. The third kappa shape index (κ3) is 5.67. The second kappa shape index (κ2) is 10.4. The van der Waals surface area contributed by atoms with E-state index in [4.69, 9.17) is 9.15 Å². The molecule has 4 aromatic rings. The molecule has 1 aromatic carbocycles. The van der Waals surface area contributed by atoms with Crippen LogP contribution in [0.4, 0.5) is 4.39 Å². The van der Waals surface area contributed by atoms with E-state index in [-0.39, 0.29) is 30.5 Å². The number of ether oxygens (including phenoxy) is 1. The SMILES string of the molecule is CCOC(=O)CCC(=O)N(CCc1csc2nc(-c3ccc(F)cc3)cn12)Cc1ccco1. The molecule has 0 atom stereocenters. The molecule has 0 unspecified atom stereocenters. The zero-order chi connectivity index (χ0) is 23.2. The molecule has 9 heteroatoms. The van der Waals surface area contributed by atoms with Gasteiger partial charge in [0.05, 0.1) is 31.5 Å². The summed E-state index contributed by atoms with van der Waals surface area (Å²) < 4.78 is 25.6. The Morgan fingerprint density at radius 3 is 2.76 bits per heavy atom. The lowest BCUT2D eigenvalue weighted by molar-refractivity contribution is -0.145. The fraction of sp³-hybridized carbons (Fsp3) is 0.292. The van der Waals surface area contributed by atoms with E-state index in [2.05, 4.69) is 4.98 Å². The van der Waals surface area contributed by atoms with Gasteiger partial charge in [0.15, 0.2) is 4.96 Å². The zero-order valence-corrected chi connectivity index (χ0v) is 19.0. The van der Waals surface area contributed by atoms with E-state index in [1.807, 2.05) is 22.0 Å². The van der Waals surface area contributed by atoms with Crippen molar-refractivity contribution in [2.45, 2.75) is 32.7 Å². The van der Waals surface area contributed by atoms with Gasteiger partial charge in [-0.25, -0.2) is 9.37 Å². The van der Waals surface area contributed by atoms with E-state index in [0.717, 1.165) is 21.9 Å². The van der Waals surface area contributed by atoms with E-state index in [9.17, 15) is 14.0 Å². The van der Waals surface area contributed by atoms with Gasteiger partial charge in [-0.05, 0) is 43.3 Å². The first kappa shape index (κ1) is 22.7. The van der Waals surface area contributed by atoms with Crippen LogP contribution in [0.15, 0.2) is 58.7 Å². The molecule has 33 heavy (non-hydrogen) atoms. The number of halogens is 1. The minimum absolute atomic E-state index is 0.0482. The largest absolute Gasteiger partial charge is 0.467 e. The molecule has 0 bridgehead atoms. The number of aromatic nitrogens is 2. The highest BCUT2D eigenvalue weighted by Crippen LogP contribution is 2.24. The first-order chi connectivity index (χ1) is 16.0. The quantitative estimate of drug-likeness (QED) is 0.315. The van der Waals surface area contributed by atoms with E-state index < -0.39 is 0 Å². The van der Waals surface area contributed by atoms with Crippen molar-refractivity contribution in [2.75, 3.05) is 13.2 Å². The number of hydrogen-bond acceptors (Lipinski definition) is 6. The van der Waals surface area contributed by atoms with Crippen molar-refractivity contribution in [3.05, 3.63) is 71.5 Å². The molecule has 0 aliphatic rings. The number of furan rings is 1. The monoisotopic (exact) mass is 469 g/mol. The Hall–Kier alpha value is -3.46. The highest BCUT2D eigenvalue weighted by molar-refractivity contribution is 7.15. The molecule has 0 fully saturated rings. The van der Waals surface area contributed by atoms with Gasteiger partial charge < -0.3 is 14.1 Å². The summed E-state index contributed by atoms with van der Waals surface area (Å²) in [5.41, 5.74) is 2.62. The van der Waals surface area contributed by atoms with Gasteiger partial charge in [0.2, 0.25) is 5.91 Å². The number of rotatable bonds is 10. The van der Waals surface area contributed by atoms with Crippen molar-refractivity contribution in [3.63, 3.8) is 0 Å². The van der Waals surface area contributed by atoms with Crippen LogP contribution in [-0.2, 0) is 27.3 Å². The highest BCUT2D eigenvalue weighted by Gasteiger charge is 2.18. The van der Waals surface area contributed by atoms with E-state index in [1.165, 1.54) is 23.5 Å². The first-order valence-electron chi connectivity index (χ1n) is 10.7. The van der Waals surface area contributed by atoms with Crippen molar-refractivity contribution in [1.82, 2.24) is 14.3 Å². The summed E-state index contributed by atoms with van der Waals surface area (Å²) in [6, 6.07) is 9.83. The van der Waals surface area contributed by atoms with Crippen molar-refractivity contribution in [2.24, 2.45) is 0 Å². The third-order valence-electron chi connectivity index (χ3n) is 5.19. The van der Waals surface area contributed by atoms with Crippen LogP contribution in [0.5, 0.6) is 0 Å². The summed E-state index contributed by atoms with van der Waals surface area (Å²) in [6.45, 7) is 2.81. The van der Waals surface area contributed by atoms with Gasteiger partial charge in [-0.2, -0.15) is 0 Å². The number of esters is 1. The maximum absolute atomic E-state index is 13.2. The average Bonchev–Trinajstić information content (AvgIpc) is 3.54. The Bertz CT molecular complexity index is 1210. The van der Waals surface area contributed by atoms with Crippen molar-refractivity contribution >= 4 is 28.2 Å². The van der Waals surface area contributed by atoms with Crippen LogP contribution in [0.3, 0.4) is 0 Å². The maximum atomic E-state index is 13.2. The number of hydrogen-bond donors (Lipinski definition) is 0. The Morgan fingerprint density at radius 1 is 1.21 bits per heavy atom. The van der Waals surface area contributed by atoms with E-state index in [0.29, 0.717) is 31.9 Å². The molecule has 3 aromatic heterocycles. The fourth-order valence-corrected chi connectivity index (χ4v) is 4.41. The van der Waals surface area contributed by atoms with Crippen LogP contribution in [0.1, 0.15) is 31.2 Å². The number of amides is 1. The van der Waals surface area contributed by atoms with Crippen LogP contribution in [-0.4, -0.2) is 39.3 Å². The summed E-state index contributed by atoms with van der Waals surface area (Å²) >= 11 is 1.51. The molecule has 0 saturated carbocycles. The van der Waals surface area contributed by atoms with E-state index in [1.54, 1.807) is 36.3 Å². The summed E-state index contributed by atoms with van der Waals surface area (Å²) in [6.07, 6.45) is 4.23. The molecule has 0 aliphatic carbocycles. The molecule has 0 N–H and O–H groups in total. The van der Waals surface area contributed by atoms with Gasteiger partial charge in [0.1, 0.15) is 11.6 Å². The number of benzene rings is 1. The van der Waals surface area contributed by atoms with Gasteiger partial charge in [-0.15, -0.1) is 11.3 Å². The Labute approximate surface area is 194 Å². The normalized spacial score (nSPS) is 11.1. The van der Waals surface area contributed by atoms with Crippen LogP contribution >= 0.6 is 11.3 Å². The number of carbonyl (C=O) groups excluding carboxylic acids is 2. The highest BCUT2D eigenvalue weighted by atomic mass is 32.1. The topological polar surface area (TPSA) is 77.1 Å². The number of thiazole rings is 1. The van der Waals surface area contributed by atoms with Gasteiger partial charge in [-0.1, -0.05) is 0 Å². The first-order valence-corrected chi connectivity index (χ1v) is 11.6. The van der Waals surface area contributed by atoms with Gasteiger partial charge >= 0.3 is 5.97 Å². The smallest absolute Gasteiger partial charge is 0.306 e. The third-order valence-corrected chi connectivity index (χ3v) is 6.08. The Morgan fingerprint density at radius 2 is 2.03 bits per heavy atom. The minimum Gasteiger partial charge on any atom is -0.467 e. The lowest BCUT2D eigenvalue weighted by Gasteiger charge is -2.21. The molecule has 0 aliphatic heterocycles. The molecule has 0 spiro atoms. The van der Waals surface area contributed by atoms with Crippen LogP contribution < -0.4 is 0 Å². The van der Waals surface area contributed by atoms with Crippen LogP contribution in [0.2, 0.25) is 0 Å². The lowest BCUT2D eigenvalue weighted by atomic mass is 10.2. The molecule has 3 heterocycles. The molecule has 0 radical (unpaired) electrons. The van der Waals surface area contributed by atoms with Gasteiger partial charge in [-0.3, -0.25) is 14.0 Å². The van der Waals surface area contributed by atoms with E-state index >= 15 is 0 Å². The summed E-state index contributed by atoms with van der Waals surface area (Å²) in [4.78, 5) is 31.7. The second-order valence-corrected chi connectivity index (χ2v) is 8.30. The predicted molar refractivity (Wildman–Crippen MR) is 122 cm³/mol. The Balaban J connectivity index is 1.46. The number of nitrogens with zero attached hydrogens (tertiary/aromatic N) is 3. The van der Waals surface area contributed by atoms with Gasteiger partial charge in [0.25, 0.3) is 0 Å². The molecule has 7 nitrogen and oxygen atoms in total. The van der Waals surface area contributed by atoms with Crippen LogP contribution in [0.25, 0.3) is 16.2 Å². The zero-order valence-electron chi connectivity index (χ0n) is 18.2. The Kier molecular flexibility index (Phi) is 7.19. The van der Waals surface area contributed by atoms with Crippen molar-refractivity contribution in [1.29, 1.82) is 0 Å². The fourth-order valence-electron chi connectivity index (χ4n) is 3.50. The lowest BCUT2D eigenvalue weighted by Crippen LogP contribution is -2.32. The standard InChI is InChI=1S/C24H24FN3O4S/c1-2-31-23(30)10-9-22(29)27(14-20-4-3-13-32-20)12-11-19-16-33-24-26-21(15-28(19)24)17-5-7-18(25)8-6-17/h3-8,13,15-16H,2,9-12,14H2,1H3. The minimum atomic E-state index is -0.380. The molecular weight excluding hydrogens is 445 g/mol. The number of carbonyl (C=O) groups is 2. The molecule has 172 valence electrons. The molecule has 1 amide bonds. The van der Waals surface area contributed by atoms with Crippen LogP contribution in [0, 0.1) is 5.82 Å². The summed E-state index contributed by atoms with van der Waals surface area (Å²) in [7, 11) is 0. The number of imidazole rings is 1.